The molecule has 1 aliphatic rings. The first kappa shape index (κ1) is 13.3. The summed E-state index contributed by atoms with van der Waals surface area (Å²) < 4.78 is 2.61. The lowest BCUT2D eigenvalue weighted by atomic mass is 10.2. The van der Waals surface area contributed by atoms with Crippen molar-refractivity contribution in [2.75, 3.05) is 18.4 Å². The predicted molar refractivity (Wildman–Crippen MR) is 78.8 cm³/mol. The van der Waals surface area contributed by atoms with Crippen molar-refractivity contribution >= 4 is 27.5 Å². The molecule has 1 amide bonds. The molecule has 0 bridgehead atoms. The lowest BCUT2D eigenvalue weighted by Gasteiger charge is -2.26. The van der Waals surface area contributed by atoms with E-state index in [0.717, 1.165) is 28.8 Å². The Labute approximate surface area is 124 Å². The van der Waals surface area contributed by atoms with Crippen LogP contribution in [0.4, 0.5) is 5.69 Å². The number of nitrogens with one attached hydrogen (secondary N) is 2. The fourth-order valence-electron chi connectivity index (χ4n) is 1.95. The van der Waals surface area contributed by atoms with Crippen LogP contribution in [0.1, 0.15) is 22.1 Å². The number of hydrogen-bond acceptors (Lipinski definition) is 4. The van der Waals surface area contributed by atoms with Crippen LogP contribution in [0.15, 0.2) is 28.9 Å². The molecule has 0 saturated carbocycles. The first-order valence-corrected chi connectivity index (χ1v) is 7.13. The van der Waals surface area contributed by atoms with Crippen LogP contribution in [0.3, 0.4) is 0 Å². The molecule has 0 unspecified atom stereocenters. The molecule has 0 atom stereocenters. The highest BCUT2D eigenvalue weighted by Gasteiger charge is 2.21. The molecule has 1 aliphatic heterocycles. The van der Waals surface area contributed by atoms with Gasteiger partial charge in [0.25, 0.3) is 5.91 Å². The quantitative estimate of drug-likeness (QED) is 0.896. The molecule has 0 aliphatic carbocycles. The minimum atomic E-state index is -0.255. The molecule has 20 heavy (non-hydrogen) atoms. The Morgan fingerprint density at radius 1 is 1.50 bits per heavy atom. The maximum atomic E-state index is 12.2. The molecule has 0 spiro atoms. The standard InChI is InChI=1S/C13H14BrN5O/c1-8-3-2-4-10(12(8)14)16-13(20)11-7-19(18-17-11)9-5-15-6-9/h2-4,7,9,15H,5-6H2,1H3,(H,16,20). The second kappa shape index (κ2) is 5.34. The van der Waals surface area contributed by atoms with Crippen molar-refractivity contribution in [3.05, 3.63) is 40.1 Å². The van der Waals surface area contributed by atoms with Crippen LogP contribution < -0.4 is 10.6 Å². The number of rotatable bonds is 3. The van der Waals surface area contributed by atoms with Crippen molar-refractivity contribution in [1.29, 1.82) is 0 Å². The van der Waals surface area contributed by atoms with Gasteiger partial charge in [-0.25, -0.2) is 4.68 Å². The minimum absolute atomic E-state index is 0.255. The molecule has 1 aromatic carbocycles. The average molecular weight is 336 g/mol. The van der Waals surface area contributed by atoms with Gasteiger partial charge >= 0.3 is 0 Å². The summed E-state index contributed by atoms with van der Waals surface area (Å²) in [6, 6.07) is 6.01. The number of hydrogen-bond donors (Lipinski definition) is 2. The van der Waals surface area contributed by atoms with E-state index in [1.807, 2.05) is 25.1 Å². The maximum absolute atomic E-state index is 12.2. The van der Waals surface area contributed by atoms with E-state index < -0.39 is 0 Å². The molecular formula is C13H14BrN5O. The van der Waals surface area contributed by atoms with Crippen molar-refractivity contribution in [2.24, 2.45) is 0 Å². The molecule has 6 nitrogen and oxygen atoms in total. The first-order chi connectivity index (χ1) is 9.65. The van der Waals surface area contributed by atoms with Crippen LogP contribution in [0, 0.1) is 6.92 Å². The van der Waals surface area contributed by atoms with E-state index in [9.17, 15) is 4.79 Å². The van der Waals surface area contributed by atoms with Crippen LogP contribution in [0.2, 0.25) is 0 Å². The van der Waals surface area contributed by atoms with Crippen LogP contribution >= 0.6 is 15.9 Å². The maximum Gasteiger partial charge on any atom is 0.277 e. The SMILES string of the molecule is Cc1cccc(NC(=O)c2cn(C3CNC3)nn2)c1Br. The van der Waals surface area contributed by atoms with Gasteiger partial charge in [0.05, 0.1) is 17.9 Å². The predicted octanol–water partition coefficient (Wildman–Crippen LogP) is 1.75. The Morgan fingerprint density at radius 2 is 2.30 bits per heavy atom. The first-order valence-electron chi connectivity index (χ1n) is 6.34. The largest absolute Gasteiger partial charge is 0.319 e. The summed E-state index contributed by atoms with van der Waals surface area (Å²) in [6.45, 7) is 3.71. The second-order valence-electron chi connectivity index (χ2n) is 4.79. The van der Waals surface area contributed by atoms with Gasteiger partial charge in [0.15, 0.2) is 5.69 Å². The minimum Gasteiger partial charge on any atom is -0.319 e. The highest BCUT2D eigenvalue weighted by molar-refractivity contribution is 9.10. The molecule has 0 radical (unpaired) electrons. The Balaban J connectivity index is 1.75. The summed E-state index contributed by atoms with van der Waals surface area (Å²) >= 11 is 3.47. The summed E-state index contributed by atoms with van der Waals surface area (Å²) in [4.78, 5) is 12.2. The summed E-state index contributed by atoms with van der Waals surface area (Å²) in [5.74, 6) is -0.255. The molecule has 104 valence electrons. The third-order valence-electron chi connectivity index (χ3n) is 3.32. The molecular weight excluding hydrogens is 322 g/mol. The number of aryl methyl sites for hydroxylation is 1. The number of halogens is 1. The molecule has 2 N–H and O–H groups in total. The third-order valence-corrected chi connectivity index (χ3v) is 4.37. The van der Waals surface area contributed by atoms with Gasteiger partial charge in [-0.3, -0.25) is 4.79 Å². The average Bonchev–Trinajstić information content (AvgIpc) is 2.82. The monoisotopic (exact) mass is 335 g/mol. The normalized spacial score (nSPS) is 14.9. The van der Waals surface area contributed by atoms with E-state index in [0.29, 0.717) is 11.7 Å². The van der Waals surface area contributed by atoms with Crippen LogP contribution in [-0.2, 0) is 0 Å². The van der Waals surface area contributed by atoms with Crippen molar-refractivity contribution < 1.29 is 4.79 Å². The number of aromatic nitrogens is 3. The lowest BCUT2D eigenvalue weighted by molar-refractivity contribution is 0.102. The third kappa shape index (κ3) is 2.46. The van der Waals surface area contributed by atoms with E-state index in [1.165, 1.54) is 0 Å². The summed E-state index contributed by atoms with van der Waals surface area (Å²) in [6.07, 6.45) is 1.69. The highest BCUT2D eigenvalue weighted by atomic mass is 79.9. The van der Waals surface area contributed by atoms with Gasteiger partial charge in [-0.05, 0) is 34.5 Å². The van der Waals surface area contributed by atoms with Crippen LogP contribution in [0.25, 0.3) is 0 Å². The molecule has 1 aromatic heterocycles. The molecule has 3 rings (SSSR count). The summed E-state index contributed by atoms with van der Waals surface area (Å²) in [5, 5.41) is 13.9. The Morgan fingerprint density at radius 3 is 3.00 bits per heavy atom. The van der Waals surface area contributed by atoms with Crippen LogP contribution in [-0.4, -0.2) is 34.0 Å². The van der Waals surface area contributed by atoms with Crippen LogP contribution in [0.5, 0.6) is 0 Å². The van der Waals surface area contributed by atoms with E-state index in [-0.39, 0.29) is 5.91 Å². The van der Waals surface area contributed by atoms with Crippen molar-refractivity contribution in [1.82, 2.24) is 20.3 Å². The highest BCUT2D eigenvalue weighted by Crippen LogP contribution is 2.26. The summed E-state index contributed by atoms with van der Waals surface area (Å²) in [5.41, 5.74) is 2.12. The zero-order valence-electron chi connectivity index (χ0n) is 10.9. The second-order valence-corrected chi connectivity index (χ2v) is 5.58. The zero-order chi connectivity index (χ0) is 14.1. The van der Waals surface area contributed by atoms with Gasteiger partial charge in [-0.1, -0.05) is 17.3 Å². The molecule has 2 heterocycles. The van der Waals surface area contributed by atoms with E-state index in [2.05, 4.69) is 36.9 Å². The van der Waals surface area contributed by atoms with Crippen molar-refractivity contribution in [3.8, 4) is 0 Å². The number of benzene rings is 1. The van der Waals surface area contributed by atoms with Gasteiger partial charge in [0.1, 0.15) is 0 Å². The molecule has 1 saturated heterocycles. The van der Waals surface area contributed by atoms with Crippen molar-refractivity contribution in [3.63, 3.8) is 0 Å². The molecule has 2 aromatic rings. The van der Waals surface area contributed by atoms with E-state index >= 15 is 0 Å². The fourth-order valence-corrected chi connectivity index (χ4v) is 2.31. The van der Waals surface area contributed by atoms with E-state index in [4.69, 9.17) is 0 Å². The van der Waals surface area contributed by atoms with Gasteiger partial charge < -0.3 is 10.6 Å². The Kier molecular flexibility index (Phi) is 3.54. The zero-order valence-corrected chi connectivity index (χ0v) is 12.5. The fraction of sp³-hybridized carbons (Fsp3) is 0.308. The van der Waals surface area contributed by atoms with E-state index in [1.54, 1.807) is 10.9 Å². The Hall–Kier alpha value is -1.73. The number of nitrogens with zero attached hydrogens (tertiary/aromatic N) is 3. The number of amides is 1. The molecule has 7 heteroatoms. The number of anilines is 1. The van der Waals surface area contributed by atoms with Gasteiger partial charge in [-0.2, -0.15) is 0 Å². The topological polar surface area (TPSA) is 71.8 Å². The van der Waals surface area contributed by atoms with Crippen molar-refractivity contribution in [2.45, 2.75) is 13.0 Å². The lowest BCUT2D eigenvalue weighted by Crippen LogP contribution is -2.43. The van der Waals surface area contributed by atoms with Gasteiger partial charge in [-0.15, -0.1) is 5.10 Å². The molecule has 1 fully saturated rings. The summed E-state index contributed by atoms with van der Waals surface area (Å²) in [7, 11) is 0. The number of carbonyl (C=O) groups is 1. The smallest absolute Gasteiger partial charge is 0.277 e. The van der Waals surface area contributed by atoms with Gasteiger partial charge in [0, 0.05) is 17.6 Å². The number of carbonyl (C=O) groups excluding carboxylic acids is 1. The van der Waals surface area contributed by atoms with Gasteiger partial charge in [0.2, 0.25) is 0 Å². The Bertz CT molecular complexity index is 650.